The average Bonchev–Trinajstić information content (AvgIpc) is 3.01. The monoisotopic (exact) mass is 317 g/mol. The maximum absolute atomic E-state index is 11.4. The molecule has 0 aliphatic carbocycles. The fourth-order valence-corrected chi connectivity index (χ4v) is 2.66. The molecule has 7 nitrogen and oxygen atoms in total. The molecule has 0 fully saturated rings. The zero-order valence-corrected chi connectivity index (χ0v) is 12.6. The Hall–Kier alpha value is -2.80. The Bertz CT molecular complexity index is 754. The summed E-state index contributed by atoms with van der Waals surface area (Å²) in [7, 11) is 1.55. The van der Waals surface area contributed by atoms with Gasteiger partial charge in [-0.2, -0.15) is 0 Å². The molecular weight excluding hydrogens is 302 g/mol. The second-order valence-corrected chi connectivity index (χ2v) is 5.08. The third-order valence-corrected chi connectivity index (χ3v) is 3.67. The fourth-order valence-electron chi connectivity index (χ4n) is 2.66. The van der Waals surface area contributed by atoms with Crippen LogP contribution in [0.3, 0.4) is 0 Å². The maximum atomic E-state index is 11.4. The van der Waals surface area contributed by atoms with E-state index in [1.54, 1.807) is 31.4 Å². The molecule has 0 spiro atoms. The van der Waals surface area contributed by atoms with Gasteiger partial charge in [0.1, 0.15) is 5.75 Å². The van der Waals surface area contributed by atoms with Gasteiger partial charge in [-0.25, -0.2) is 0 Å². The zero-order chi connectivity index (χ0) is 16.6. The van der Waals surface area contributed by atoms with Crippen LogP contribution in [0.15, 0.2) is 30.3 Å². The topological polar surface area (TPSA) is 91.1 Å². The van der Waals surface area contributed by atoms with Crippen molar-refractivity contribution in [1.29, 1.82) is 0 Å². The number of hydrogen-bond acceptors (Lipinski definition) is 6. The van der Waals surface area contributed by atoms with Crippen LogP contribution >= 0.6 is 0 Å². The van der Waals surface area contributed by atoms with Crippen LogP contribution in [0.4, 0.5) is 5.69 Å². The number of methoxy groups -OCH3 is 1. The molecule has 0 saturated heterocycles. The number of aliphatic hydroxyl groups is 1. The van der Waals surface area contributed by atoms with E-state index >= 15 is 0 Å². The van der Waals surface area contributed by atoms with Gasteiger partial charge in [0, 0.05) is 5.56 Å². The van der Waals surface area contributed by atoms with Crippen molar-refractivity contribution in [3.8, 4) is 28.4 Å². The molecule has 1 aliphatic heterocycles. The van der Waals surface area contributed by atoms with Gasteiger partial charge >= 0.3 is 0 Å². The van der Waals surface area contributed by atoms with Gasteiger partial charge in [0.25, 0.3) is 5.69 Å². The molecule has 0 bridgehead atoms. The molecule has 1 N–H and O–H groups in total. The lowest BCUT2D eigenvalue weighted by Crippen LogP contribution is -2.03. The second kappa shape index (κ2) is 5.77. The van der Waals surface area contributed by atoms with E-state index in [-0.39, 0.29) is 18.0 Å². The van der Waals surface area contributed by atoms with Crippen molar-refractivity contribution >= 4 is 5.69 Å². The van der Waals surface area contributed by atoms with Crippen LogP contribution in [0.5, 0.6) is 17.2 Å². The predicted molar refractivity (Wildman–Crippen MR) is 81.8 cm³/mol. The quantitative estimate of drug-likeness (QED) is 0.688. The Balaban J connectivity index is 2.30. The van der Waals surface area contributed by atoms with Crippen molar-refractivity contribution in [3.63, 3.8) is 0 Å². The lowest BCUT2D eigenvalue weighted by atomic mass is 9.93. The second-order valence-electron chi connectivity index (χ2n) is 5.08. The van der Waals surface area contributed by atoms with E-state index in [2.05, 4.69) is 0 Å². The van der Waals surface area contributed by atoms with E-state index in [4.69, 9.17) is 14.2 Å². The molecule has 0 amide bonds. The molecule has 0 saturated carbocycles. The normalized spacial score (nSPS) is 13.7. The number of aliphatic hydroxyl groups excluding tert-OH is 1. The van der Waals surface area contributed by atoms with Gasteiger partial charge in [-0.1, -0.05) is 12.1 Å². The van der Waals surface area contributed by atoms with Gasteiger partial charge in [0.2, 0.25) is 6.79 Å². The van der Waals surface area contributed by atoms with Crippen molar-refractivity contribution in [3.05, 3.63) is 46.0 Å². The Morgan fingerprint density at radius 2 is 2.00 bits per heavy atom. The highest BCUT2D eigenvalue weighted by molar-refractivity contribution is 5.82. The minimum atomic E-state index is -1.04. The summed E-state index contributed by atoms with van der Waals surface area (Å²) in [6.45, 7) is 1.47. The van der Waals surface area contributed by atoms with Gasteiger partial charge in [-0.05, 0) is 24.6 Å². The van der Waals surface area contributed by atoms with Crippen molar-refractivity contribution < 1.29 is 24.2 Å². The van der Waals surface area contributed by atoms with E-state index in [0.717, 1.165) is 0 Å². The number of nitro groups is 1. The third kappa shape index (κ3) is 2.55. The number of nitrogens with zero attached hydrogens (tertiary/aromatic N) is 1. The summed E-state index contributed by atoms with van der Waals surface area (Å²) in [4.78, 5) is 10.9. The van der Waals surface area contributed by atoms with Crippen molar-refractivity contribution in [2.45, 2.75) is 13.0 Å². The molecule has 7 heteroatoms. The average molecular weight is 317 g/mol. The van der Waals surface area contributed by atoms with Crippen LogP contribution in [-0.4, -0.2) is 23.9 Å². The SMILES string of the molecule is COc1ccc(-c2c3c(cc([N+](=O)[O-])c2C(C)O)OCO3)cc1. The lowest BCUT2D eigenvalue weighted by molar-refractivity contribution is -0.386. The smallest absolute Gasteiger partial charge is 0.279 e. The molecule has 2 aromatic rings. The summed E-state index contributed by atoms with van der Waals surface area (Å²) < 4.78 is 15.9. The molecule has 2 aromatic carbocycles. The Morgan fingerprint density at radius 3 is 2.57 bits per heavy atom. The summed E-state index contributed by atoms with van der Waals surface area (Å²) in [5.41, 5.74) is 1.14. The van der Waals surface area contributed by atoms with E-state index in [0.29, 0.717) is 28.4 Å². The third-order valence-electron chi connectivity index (χ3n) is 3.67. The van der Waals surface area contributed by atoms with Crippen molar-refractivity contribution in [1.82, 2.24) is 0 Å². The van der Waals surface area contributed by atoms with Crippen LogP contribution in [0.1, 0.15) is 18.6 Å². The number of fused-ring (bicyclic) bond motifs is 1. The van der Waals surface area contributed by atoms with Gasteiger partial charge in [-0.3, -0.25) is 10.1 Å². The Labute approximate surface area is 132 Å². The molecular formula is C16H15NO6. The summed E-state index contributed by atoms with van der Waals surface area (Å²) in [5.74, 6) is 1.36. The number of rotatable bonds is 4. The summed E-state index contributed by atoms with van der Waals surface area (Å²) >= 11 is 0. The van der Waals surface area contributed by atoms with Gasteiger partial charge in [0.05, 0.1) is 29.8 Å². The van der Waals surface area contributed by atoms with Crippen LogP contribution in [0.25, 0.3) is 11.1 Å². The standard InChI is InChI=1S/C16H15NO6/c1-9(18)14-12(17(19)20)7-13-16(23-8-22-13)15(14)10-3-5-11(21-2)6-4-10/h3-7,9,18H,8H2,1-2H3. The van der Waals surface area contributed by atoms with E-state index < -0.39 is 11.0 Å². The van der Waals surface area contributed by atoms with Gasteiger partial charge in [-0.15, -0.1) is 0 Å². The number of benzene rings is 2. The zero-order valence-electron chi connectivity index (χ0n) is 12.6. The van der Waals surface area contributed by atoms with Gasteiger partial charge in [0.15, 0.2) is 11.5 Å². The van der Waals surface area contributed by atoms with E-state index in [9.17, 15) is 15.2 Å². The lowest BCUT2D eigenvalue weighted by Gasteiger charge is -2.15. The largest absolute Gasteiger partial charge is 0.497 e. The van der Waals surface area contributed by atoms with Crippen molar-refractivity contribution in [2.24, 2.45) is 0 Å². The number of hydrogen-bond donors (Lipinski definition) is 1. The minimum Gasteiger partial charge on any atom is -0.497 e. The highest BCUT2D eigenvalue weighted by Gasteiger charge is 2.32. The number of ether oxygens (including phenoxy) is 3. The van der Waals surface area contributed by atoms with Gasteiger partial charge < -0.3 is 19.3 Å². The molecule has 3 rings (SSSR count). The minimum absolute atomic E-state index is 0.0150. The first-order chi connectivity index (χ1) is 11.0. The van der Waals surface area contributed by atoms with E-state index in [1.165, 1.54) is 13.0 Å². The molecule has 1 aliphatic rings. The Kier molecular flexibility index (Phi) is 3.79. The first kappa shape index (κ1) is 15.1. The Morgan fingerprint density at radius 1 is 1.30 bits per heavy atom. The molecule has 1 unspecified atom stereocenters. The number of nitro benzene ring substituents is 1. The fraction of sp³-hybridized carbons (Fsp3) is 0.250. The highest BCUT2D eigenvalue weighted by atomic mass is 16.7. The van der Waals surface area contributed by atoms with Crippen LogP contribution in [-0.2, 0) is 0 Å². The predicted octanol–water partition coefficient (Wildman–Crippen LogP) is 3.05. The molecule has 1 atom stereocenters. The molecule has 0 radical (unpaired) electrons. The van der Waals surface area contributed by atoms with Crippen LogP contribution in [0.2, 0.25) is 0 Å². The van der Waals surface area contributed by atoms with Crippen molar-refractivity contribution in [2.75, 3.05) is 13.9 Å². The molecule has 23 heavy (non-hydrogen) atoms. The molecule has 0 aromatic heterocycles. The van der Waals surface area contributed by atoms with Crippen LogP contribution in [0, 0.1) is 10.1 Å². The maximum Gasteiger partial charge on any atom is 0.279 e. The summed E-state index contributed by atoms with van der Waals surface area (Å²) in [6.07, 6.45) is -1.04. The summed E-state index contributed by atoms with van der Waals surface area (Å²) in [6, 6.07) is 8.28. The molecule has 1 heterocycles. The highest BCUT2D eigenvalue weighted by Crippen LogP contribution is 2.49. The first-order valence-corrected chi connectivity index (χ1v) is 6.96. The van der Waals surface area contributed by atoms with Crippen LogP contribution < -0.4 is 14.2 Å². The first-order valence-electron chi connectivity index (χ1n) is 6.96. The summed E-state index contributed by atoms with van der Waals surface area (Å²) in [5, 5.41) is 21.5. The van der Waals surface area contributed by atoms with E-state index in [1.807, 2.05) is 0 Å². The molecule has 120 valence electrons.